The molecule has 0 saturated carbocycles. The van der Waals surface area contributed by atoms with Gasteiger partial charge in [-0.05, 0) is 30.5 Å². The SMILES string of the molecule is CC(C)C(=O)N1CCC(C(=O)Nc2cccc(CSCCC(=O)O)c2)CC1. The quantitative estimate of drug-likeness (QED) is 0.663. The molecular weight excluding hydrogens is 364 g/mol. The molecule has 148 valence electrons. The van der Waals surface area contributed by atoms with Gasteiger partial charge < -0.3 is 15.3 Å². The van der Waals surface area contributed by atoms with Crippen LogP contribution in [0.4, 0.5) is 5.69 Å². The normalized spacial score (nSPS) is 15.0. The number of likely N-dealkylation sites (tertiary alicyclic amines) is 1. The van der Waals surface area contributed by atoms with Gasteiger partial charge in [0.05, 0.1) is 6.42 Å². The zero-order valence-corrected chi connectivity index (χ0v) is 16.8. The van der Waals surface area contributed by atoms with Gasteiger partial charge in [-0.3, -0.25) is 14.4 Å². The molecule has 1 saturated heterocycles. The number of piperidine rings is 1. The highest BCUT2D eigenvalue weighted by molar-refractivity contribution is 7.98. The fraction of sp³-hybridized carbons (Fsp3) is 0.550. The van der Waals surface area contributed by atoms with Crippen molar-refractivity contribution in [3.63, 3.8) is 0 Å². The zero-order valence-electron chi connectivity index (χ0n) is 15.9. The summed E-state index contributed by atoms with van der Waals surface area (Å²) in [7, 11) is 0. The number of carboxylic acids is 1. The van der Waals surface area contributed by atoms with E-state index >= 15 is 0 Å². The second-order valence-electron chi connectivity index (χ2n) is 7.14. The Kier molecular flexibility index (Phi) is 8.16. The van der Waals surface area contributed by atoms with E-state index in [9.17, 15) is 14.4 Å². The summed E-state index contributed by atoms with van der Waals surface area (Å²) in [5.41, 5.74) is 1.82. The van der Waals surface area contributed by atoms with E-state index in [0.29, 0.717) is 37.4 Å². The predicted molar refractivity (Wildman–Crippen MR) is 108 cm³/mol. The summed E-state index contributed by atoms with van der Waals surface area (Å²) < 4.78 is 0. The van der Waals surface area contributed by atoms with Gasteiger partial charge in [0, 0.05) is 42.1 Å². The molecule has 0 unspecified atom stereocenters. The summed E-state index contributed by atoms with van der Waals surface area (Å²) in [6.07, 6.45) is 1.53. The first-order valence-corrected chi connectivity index (χ1v) is 10.5. The van der Waals surface area contributed by atoms with Crippen LogP contribution < -0.4 is 5.32 Å². The van der Waals surface area contributed by atoms with Gasteiger partial charge >= 0.3 is 5.97 Å². The largest absolute Gasteiger partial charge is 0.481 e. The Morgan fingerprint density at radius 2 is 1.96 bits per heavy atom. The lowest BCUT2D eigenvalue weighted by Gasteiger charge is -2.32. The number of anilines is 1. The van der Waals surface area contributed by atoms with Gasteiger partial charge in [0.15, 0.2) is 0 Å². The van der Waals surface area contributed by atoms with Gasteiger partial charge in [-0.2, -0.15) is 11.8 Å². The van der Waals surface area contributed by atoms with Crippen LogP contribution in [0.2, 0.25) is 0 Å². The molecule has 0 aromatic heterocycles. The average molecular weight is 393 g/mol. The molecule has 0 radical (unpaired) electrons. The van der Waals surface area contributed by atoms with Crippen molar-refractivity contribution in [2.24, 2.45) is 11.8 Å². The van der Waals surface area contributed by atoms with E-state index < -0.39 is 5.97 Å². The van der Waals surface area contributed by atoms with Gasteiger partial charge in [0.1, 0.15) is 0 Å². The lowest BCUT2D eigenvalue weighted by atomic mass is 9.95. The van der Waals surface area contributed by atoms with Crippen LogP contribution in [0.1, 0.15) is 38.7 Å². The van der Waals surface area contributed by atoms with Gasteiger partial charge in [-0.1, -0.05) is 26.0 Å². The van der Waals surface area contributed by atoms with Crippen molar-refractivity contribution in [1.82, 2.24) is 4.90 Å². The molecule has 0 aliphatic carbocycles. The smallest absolute Gasteiger partial charge is 0.304 e. The molecule has 0 atom stereocenters. The number of hydrogen-bond acceptors (Lipinski definition) is 4. The number of benzene rings is 1. The van der Waals surface area contributed by atoms with Crippen LogP contribution in [0.25, 0.3) is 0 Å². The number of thioether (sulfide) groups is 1. The number of nitrogens with zero attached hydrogens (tertiary/aromatic N) is 1. The van der Waals surface area contributed by atoms with Crippen molar-refractivity contribution in [2.75, 3.05) is 24.2 Å². The second-order valence-corrected chi connectivity index (χ2v) is 8.25. The highest BCUT2D eigenvalue weighted by atomic mass is 32.2. The first kappa shape index (κ1) is 21.3. The Labute approximate surface area is 164 Å². The number of hydrogen-bond donors (Lipinski definition) is 2. The number of carbonyl (C=O) groups excluding carboxylic acids is 2. The van der Waals surface area contributed by atoms with Gasteiger partial charge in [0.2, 0.25) is 11.8 Å². The van der Waals surface area contributed by atoms with Crippen LogP contribution in [0.3, 0.4) is 0 Å². The van der Waals surface area contributed by atoms with E-state index in [1.54, 1.807) is 11.8 Å². The highest BCUT2D eigenvalue weighted by Crippen LogP contribution is 2.22. The Bertz CT molecular complexity index is 670. The van der Waals surface area contributed by atoms with Crippen LogP contribution in [-0.2, 0) is 20.1 Å². The number of carboxylic acid groups (broad SMARTS) is 1. The topological polar surface area (TPSA) is 86.7 Å². The minimum absolute atomic E-state index is 0.00215. The van der Waals surface area contributed by atoms with Crippen molar-refractivity contribution >= 4 is 35.2 Å². The molecular formula is C20H28N2O4S. The fourth-order valence-corrected chi connectivity index (χ4v) is 3.94. The van der Waals surface area contributed by atoms with Crippen LogP contribution in [-0.4, -0.2) is 46.6 Å². The minimum Gasteiger partial charge on any atom is -0.481 e. The Morgan fingerprint density at radius 3 is 2.59 bits per heavy atom. The summed E-state index contributed by atoms with van der Waals surface area (Å²) >= 11 is 1.56. The molecule has 1 heterocycles. The number of nitrogens with one attached hydrogen (secondary N) is 1. The molecule has 1 aliphatic heterocycles. The Hall–Kier alpha value is -2.02. The molecule has 1 aromatic carbocycles. The zero-order chi connectivity index (χ0) is 19.8. The van der Waals surface area contributed by atoms with Crippen molar-refractivity contribution in [3.05, 3.63) is 29.8 Å². The maximum atomic E-state index is 12.5. The van der Waals surface area contributed by atoms with E-state index in [-0.39, 0.29) is 30.1 Å². The van der Waals surface area contributed by atoms with Crippen LogP contribution in [0.15, 0.2) is 24.3 Å². The van der Waals surface area contributed by atoms with E-state index in [4.69, 9.17) is 5.11 Å². The van der Waals surface area contributed by atoms with E-state index in [1.165, 1.54) is 0 Å². The molecule has 0 bridgehead atoms. The van der Waals surface area contributed by atoms with Gasteiger partial charge in [-0.25, -0.2) is 0 Å². The van der Waals surface area contributed by atoms with Crippen LogP contribution >= 0.6 is 11.8 Å². The summed E-state index contributed by atoms with van der Waals surface area (Å²) in [5, 5.41) is 11.7. The van der Waals surface area contributed by atoms with Crippen molar-refractivity contribution < 1.29 is 19.5 Å². The summed E-state index contributed by atoms with van der Waals surface area (Å²) in [6, 6.07) is 7.66. The molecule has 1 aliphatic rings. The molecule has 2 rings (SSSR count). The highest BCUT2D eigenvalue weighted by Gasteiger charge is 2.28. The Morgan fingerprint density at radius 1 is 1.26 bits per heavy atom. The van der Waals surface area contributed by atoms with E-state index in [1.807, 2.05) is 43.0 Å². The number of aliphatic carboxylic acids is 1. The number of amides is 2. The third kappa shape index (κ3) is 6.90. The summed E-state index contributed by atoms with van der Waals surface area (Å²) in [4.78, 5) is 37.0. The third-order valence-electron chi connectivity index (χ3n) is 4.59. The molecule has 0 spiro atoms. The van der Waals surface area contributed by atoms with Crippen molar-refractivity contribution in [3.8, 4) is 0 Å². The molecule has 2 N–H and O–H groups in total. The molecule has 2 amide bonds. The molecule has 1 fully saturated rings. The fourth-order valence-electron chi connectivity index (χ4n) is 3.06. The lowest BCUT2D eigenvalue weighted by molar-refractivity contribution is -0.137. The number of carbonyl (C=O) groups is 3. The maximum absolute atomic E-state index is 12.5. The summed E-state index contributed by atoms with van der Waals surface area (Å²) in [6.45, 7) is 5.06. The Balaban J connectivity index is 1.81. The van der Waals surface area contributed by atoms with E-state index in [2.05, 4.69) is 5.32 Å². The lowest BCUT2D eigenvalue weighted by Crippen LogP contribution is -2.43. The molecule has 27 heavy (non-hydrogen) atoms. The minimum atomic E-state index is -0.787. The van der Waals surface area contributed by atoms with Gasteiger partial charge in [0.25, 0.3) is 0 Å². The third-order valence-corrected chi connectivity index (χ3v) is 5.63. The predicted octanol–water partition coefficient (Wildman–Crippen LogP) is 3.23. The maximum Gasteiger partial charge on any atom is 0.304 e. The van der Waals surface area contributed by atoms with Crippen molar-refractivity contribution in [2.45, 2.75) is 38.9 Å². The molecule has 6 nitrogen and oxygen atoms in total. The summed E-state index contributed by atoms with van der Waals surface area (Å²) in [5.74, 6) is 0.571. The standard InChI is InChI=1S/C20H28N2O4S/c1-14(2)20(26)22-9-6-16(7-10-22)19(25)21-17-5-3-4-15(12-17)13-27-11-8-18(23)24/h3-5,12,14,16H,6-11,13H2,1-2H3,(H,21,25)(H,23,24). The molecule has 1 aromatic rings. The first-order valence-electron chi connectivity index (χ1n) is 9.35. The number of rotatable bonds is 8. The molecule has 7 heteroatoms. The van der Waals surface area contributed by atoms with Crippen LogP contribution in [0.5, 0.6) is 0 Å². The van der Waals surface area contributed by atoms with E-state index in [0.717, 1.165) is 11.3 Å². The second kappa shape index (κ2) is 10.3. The van der Waals surface area contributed by atoms with Gasteiger partial charge in [-0.15, -0.1) is 0 Å². The van der Waals surface area contributed by atoms with Crippen molar-refractivity contribution in [1.29, 1.82) is 0 Å². The van der Waals surface area contributed by atoms with Crippen LogP contribution in [0, 0.1) is 11.8 Å². The first-order chi connectivity index (χ1) is 12.9. The monoisotopic (exact) mass is 392 g/mol. The average Bonchev–Trinajstić information content (AvgIpc) is 2.65.